The van der Waals surface area contributed by atoms with Gasteiger partial charge in [0.2, 0.25) is 5.95 Å². The molecule has 0 fully saturated rings. The van der Waals surface area contributed by atoms with Crippen molar-refractivity contribution >= 4 is 17.0 Å². The number of benzene rings is 1. The van der Waals surface area contributed by atoms with Gasteiger partial charge in [0.1, 0.15) is 5.69 Å². The van der Waals surface area contributed by atoms with Crippen molar-refractivity contribution in [3.8, 4) is 11.3 Å². The Bertz CT molecular complexity index is 811. The summed E-state index contributed by atoms with van der Waals surface area (Å²) >= 11 is 0. The number of anilines is 1. The molecule has 5 nitrogen and oxygen atoms in total. The van der Waals surface area contributed by atoms with Gasteiger partial charge in [0.25, 0.3) is 0 Å². The van der Waals surface area contributed by atoms with Crippen LogP contribution in [0.4, 0.5) is 5.95 Å². The Morgan fingerprint density at radius 2 is 1.86 bits per heavy atom. The molecule has 3 rings (SSSR count). The molecule has 0 aliphatic carbocycles. The normalized spacial score (nSPS) is 12.0. The van der Waals surface area contributed by atoms with Crippen LogP contribution in [0.15, 0.2) is 30.5 Å². The Morgan fingerprint density at radius 1 is 1.14 bits per heavy atom. The molecule has 2 heterocycles. The summed E-state index contributed by atoms with van der Waals surface area (Å²) in [5.41, 5.74) is 9.51. The summed E-state index contributed by atoms with van der Waals surface area (Å²) in [5, 5.41) is 5.72. The van der Waals surface area contributed by atoms with Gasteiger partial charge < -0.3 is 5.73 Å². The highest BCUT2D eigenvalue weighted by Gasteiger charge is 2.23. The van der Waals surface area contributed by atoms with Crippen LogP contribution >= 0.6 is 0 Å². The largest absolute Gasteiger partial charge is 0.368 e. The fourth-order valence-electron chi connectivity index (χ4n) is 2.42. The van der Waals surface area contributed by atoms with E-state index in [1.165, 1.54) is 5.56 Å². The second-order valence-corrected chi connectivity index (χ2v) is 6.21. The van der Waals surface area contributed by atoms with Crippen LogP contribution in [-0.4, -0.2) is 19.7 Å². The summed E-state index contributed by atoms with van der Waals surface area (Å²) in [6, 6.07) is 8.19. The van der Waals surface area contributed by atoms with E-state index < -0.39 is 0 Å². The monoisotopic (exact) mass is 281 g/mol. The van der Waals surface area contributed by atoms with Crippen molar-refractivity contribution in [3.63, 3.8) is 0 Å². The van der Waals surface area contributed by atoms with Crippen LogP contribution in [0.5, 0.6) is 0 Å². The molecule has 0 atom stereocenters. The van der Waals surface area contributed by atoms with Crippen LogP contribution < -0.4 is 5.73 Å². The molecule has 5 heteroatoms. The second kappa shape index (κ2) is 4.55. The molecule has 0 spiro atoms. The SMILES string of the molecule is Cc1ccccc1-c1nn(C(C)(C)C)c2nc(N)ncc12. The Labute approximate surface area is 123 Å². The molecule has 0 aliphatic rings. The molecule has 0 bridgehead atoms. The molecule has 21 heavy (non-hydrogen) atoms. The summed E-state index contributed by atoms with van der Waals surface area (Å²) in [7, 11) is 0. The Hall–Kier alpha value is -2.43. The lowest BCUT2D eigenvalue weighted by molar-refractivity contribution is 0.367. The fourth-order valence-corrected chi connectivity index (χ4v) is 2.42. The molecule has 108 valence electrons. The number of nitrogens with two attached hydrogens (primary N) is 1. The maximum Gasteiger partial charge on any atom is 0.222 e. The number of aryl methyl sites for hydroxylation is 1. The highest BCUT2D eigenvalue weighted by molar-refractivity contribution is 5.92. The molecular weight excluding hydrogens is 262 g/mol. The first-order chi connectivity index (χ1) is 9.88. The van der Waals surface area contributed by atoms with Gasteiger partial charge in [-0.15, -0.1) is 0 Å². The molecule has 0 aliphatic heterocycles. The van der Waals surface area contributed by atoms with Crippen LogP contribution in [0.1, 0.15) is 26.3 Å². The number of nitrogens with zero attached hydrogens (tertiary/aromatic N) is 4. The van der Waals surface area contributed by atoms with Gasteiger partial charge >= 0.3 is 0 Å². The topological polar surface area (TPSA) is 69.6 Å². The van der Waals surface area contributed by atoms with Gasteiger partial charge in [0.15, 0.2) is 5.65 Å². The van der Waals surface area contributed by atoms with Gasteiger partial charge in [-0.05, 0) is 33.3 Å². The Kier molecular flexibility index (Phi) is 2.93. The van der Waals surface area contributed by atoms with E-state index in [0.29, 0.717) is 0 Å². The van der Waals surface area contributed by atoms with E-state index in [4.69, 9.17) is 10.8 Å². The van der Waals surface area contributed by atoms with E-state index >= 15 is 0 Å². The van der Waals surface area contributed by atoms with E-state index in [1.807, 2.05) is 16.8 Å². The van der Waals surface area contributed by atoms with Gasteiger partial charge in [0, 0.05) is 11.8 Å². The van der Waals surface area contributed by atoms with Crippen molar-refractivity contribution in [1.29, 1.82) is 0 Å². The minimum Gasteiger partial charge on any atom is -0.368 e. The lowest BCUT2D eigenvalue weighted by Crippen LogP contribution is -2.23. The summed E-state index contributed by atoms with van der Waals surface area (Å²) < 4.78 is 1.92. The Balaban J connectivity index is 2.38. The lowest BCUT2D eigenvalue weighted by atomic mass is 10.0. The van der Waals surface area contributed by atoms with Crippen molar-refractivity contribution in [2.75, 3.05) is 5.73 Å². The molecule has 2 aromatic heterocycles. The first kappa shape index (κ1) is 13.5. The van der Waals surface area contributed by atoms with Crippen LogP contribution in [0, 0.1) is 6.92 Å². The van der Waals surface area contributed by atoms with Gasteiger partial charge in [-0.25, -0.2) is 9.67 Å². The first-order valence-electron chi connectivity index (χ1n) is 6.95. The third kappa shape index (κ3) is 2.24. The van der Waals surface area contributed by atoms with E-state index in [2.05, 4.69) is 49.8 Å². The van der Waals surface area contributed by atoms with Crippen molar-refractivity contribution in [2.24, 2.45) is 0 Å². The number of fused-ring (bicyclic) bond motifs is 1. The molecule has 1 aromatic carbocycles. The fraction of sp³-hybridized carbons (Fsp3) is 0.312. The highest BCUT2D eigenvalue weighted by Crippen LogP contribution is 2.31. The van der Waals surface area contributed by atoms with Gasteiger partial charge in [-0.2, -0.15) is 10.1 Å². The maximum absolute atomic E-state index is 5.75. The minimum absolute atomic E-state index is 0.181. The van der Waals surface area contributed by atoms with Crippen LogP contribution in [0.3, 0.4) is 0 Å². The number of nitrogen functional groups attached to an aromatic ring is 1. The summed E-state index contributed by atoms with van der Waals surface area (Å²) in [6.45, 7) is 8.37. The summed E-state index contributed by atoms with van der Waals surface area (Å²) in [6.07, 6.45) is 1.76. The average molecular weight is 281 g/mol. The molecule has 0 saturated carbocycles. The van der Waals surface area contributed by atoms with Crippen LogP contribution in [-0.2, 0) is 5.54 Å². The molecule has 2 N–H and O–H groups in total. The lowest BCUT2D eigenvalue weighted by Gasteiger charge is -2.19. The zero-order valence-electron chi connectivity index (χ0n) is 12.8. The van der Waals surface area contributed by atoms with Crippen molar-refractivity contribution < 1.29 is 0 Å². The van der Waals surface area contributed by atoms with Crippen LogP contribution in [0.2, 0.25) is 0 Å². The highest BCUT2D eigenvalue weighted by atomic mass is 15.3. The average Bonchev–Trinajstić information content (AvgIpc) is 2.77. The van der Waals surface area contributed by atoms with Gasteiger partial charge in [-0.3, -0.25) is 0 Å². The zero-order valence-corrected chi connectivity index (χ0v) is 12.8. The molecule has 0 radical (unpaired) electrons. The number of rotatable bonds is 1. The quantitative estimate of drug-likeness (QED) is 0.744. The van der Waals surface area contributed by atoms with Gasteiger partial charge in [-0.1, -0.05) is 24.3 Å². The predicted octanol–water partition coefficient (Wildman–Crippen LogP) is 3.14. The molecule has 3 aromatic rings. The van der Waals surface area contributed by atoms with Crippen molar-refractivity contribution in [1.82, 2.24) is 19.7 Å². The minimum atomic E-state index is -0.181. The van der Waals surface area contributed by atoms with Crippen molar-refractivity contribution in [3.05, 3.63) is 36.0 Å². The third-order valence-electron chi connectivity index (χ3n) is 3.48. The molecular formula is C16H19N5. The van der Waals surface area contributed by atoms with E-state index in [9.17, 15) is 0 Å². The molecule has 0 amide bonds. The predicted molar refractivity (Wildman–Crippen MR) is 84.9 cm³/mol. The Morgan fingerprint density at radius 3 is 2.52 bits per heavy atom. The maximum atomic E-state index is 5.75. The number of aromatic nitrogens is 4. The molecule has 0 saturated heterocycles. The first-order valence-corrected chi connectivity index (χ1v) is 6.95. The van der Waals surface area contributed by atoms with Crippen LogP contribution in [0.25, 0.3) is 22.3 Å². The summed E-state index contributed by atoms with van der Waals surface area (Å²) in [4.78, 5) is 8.52. The van der Waals surface area contributed by atoms with E-state index in [1.54, 1.807) is 6.20 Å². The van der Waals surface area contributed by atoms with Gasteiger partial charge in [0.05, 0.1) is 10.9 Å². The van der Waals surface area contributed by atoms with E-state index in [0.717, 1.165) is 22.3 Å². The zero-order chi connectivity index (χ0) is 15.2. The van der Waals surface area contributed by atoms with E-state index in [-0.39, 0.29) is 11.5 Å². The second-order valence-electron chi connectivity index (χ2n) is 6.21. The third-order valence-corrected chi connectivity index (χ3v) is 3.48. The summed E-state index contributed by atoms with van der Waals surface area (Å²) in [5.74, 6) is 0.268. The molecule has 0 unspecified atom stereocenters. The number of hydrogen-bond donors (Lipinski definition) is 1. The standard InChI is InChI=1S/C16H19N5/c1-10-7-5-6-8-11(10)13-12-9-18-15(17)19-14(12)21(20-13)16(2,3)4/h5-9H,1-4H3,(H2,17,18,19). The smallest absolute Gasteiger partial charge is 0.222 e. The van der Waals surface area contributed by atoms with Crippen molar-refractivity contribution in [2.45, 2.75) is 33.2 Å². The number of hydrogen-bond acceptors (Lipinski definition) is 4.